The van der Waals surface area contributed by atoms with Crippen LogP contribution in [0.4, 0.5) is 5.69 Å². The van der Waals surface area contributed by atoms with Gasteiger partial charge >= 0.3 is 0 Å². The Hall–Kier alpha value is -0.910. The van der Waals surface area contributed by atoms with Crippen molar-refractivity contribution in [2.75, 3.05) is 18.1 Å². The van der Waals surface area contributed by atoms with E-state index in [9.17, 15) is 4.79 Å². The maximum atomic E-state index is 12.4. The Kier molecular flexibility index (Phi) is 4.60. The number of carbonyl (C=O) groups is 1. The largest absolute Gasteiger partial charge is 0.396 e. The first-order chi connectivity index (χ1) is 9.02. The number of carbonyl (C=O) groups excluding carboxylic acids is 1. The number of hydrogen-bond acceptors (Lipinski definition) is 3. The zero-order valence-corrected chi connectivity index (χ0v) is 12.8. The highest BCUT2D eigenvalue weighted by molar-refractivity contribution is 9.10. The van der Waals surface area contributed by atoms with E-state index < -0.39 is 0 Å². The van der Waals surface area contributed by atoms with Gasteiger partial charge in [0.1, 0.15) is 0 Å². The molecule has 1 aliphatic heterocycles. The molecular formula is C14H19BrN2O2. The summed E-state index contributed by atoms with van der Waals surface area (Å²) in [5.74, 6) is 0.0394. The summed E-state index contributed by atoms with van der Waals surface area (Å²) in [5.41, 5.74) is 2.02. The van der Waals surface area contributed by atoms with Gasteiger partial charge in [-0.3, -0.25) is 4.79 Å². The molecule has 1 saturated heterocycles. The fraction of sp³-hybridized carbons (Fsp3) is 0.500. The number of halogens is 1. The van der Waals surface area contributed by atoms with E-state index in [0.717, 1.165) is 15.7 Å². The van der Waals surface area contributed by atoms with Gasteiger partial charge in [0.25, 0.3) is 0 Å². The van der Waals surface area contributed by atoms with Gasteiger partial charge in [-0.1, -0.05) is 15.9 Å². The molecule has 0 saturated carbocycles. The highest BCUT2D eigenvalue weighted by Crippen LogP contribution is 2.26. The van der Waals surface area contributed by atoms with E-state index in [4.69, 9.17) is 5.11 Å². The van der Waals surface area contributed by atoms with Crippen LogP contribution < -0.4 is 10.2 Å². The van der Waals surface area contributed by atoms with Crippen molar-refractivity contribution < 1.29 is 9.90 Å². The van der Waals surface area contributed by atoms with Crippen molar-refractivity contribution in [1.29, 1.82) is 0 Å². The van der Waals surface area contributed by atoms with Gasteiger partial charge < -0.3 is 15.3 Å². The predicted octanol–water partition coefficient (Wildman–Crippen LogP) is 1.83. The molecule has 104 valence electrons. The lowest BCUT2D eigenvalue weighted by Crippen LogP contribution is -2.59. The van der Waals surface area contributed by atoms with E-state index in [0.29, 0.717) is 13.0 Å². The van der Waals surface area contributed by atoms with Crippen LogP contribution in [0.5, 0.6) is 0 Å². The van der Waals surface area contributed by atoms with Crippen molar-refractivity contribution in [3.05, 3.63) is 28.2 Å². The molecule has 1 aromatic carbocycles. The van der Waals surface area contributed by atoms with Crippen LogP contribution >= 0.6 is 15.9 Å². The third kappa shape index (κ3) is 3.16. The standard InChI is InChI=1S/C14H19BrN2O2/c1-9-7-11(15)3-4-13(9)17-8-10(2)16-12(5-6-18)14(17)19/h3-4,7,10,12,16,18H,5-6,8H2,1-2H3. The fourth-order valence-corrected chi connectivity index (χ4v) is 2.97. The molecule has 1 aliphatic rings. The first-order valence-corrected chi connectivity index (χ1v) is 7.26. The number of rotatable bonds is 3. The lowest BCUT2D eigenvalue weighted by molar-refractivity contribution is -0.122. The number of nitrogens with one attached hydrogen (secondary N) is 1. The molecule has 1 heterocycles. The molecule has 0 aromatic heterocycles. The molecule has 0 radical (unpaired) electrons. The summed E-state index contributed by atoms with van der Waals surface area (Å²) < 4.78 is 1.01. The van der Waals surface area contributed by atoms with Crippen LogP contribution in [0.3, 0.4) is 0 Å². The van der Waals surface area contributed by atoms with Gasteiger partial charge in [0.15, 0.2) is 0 Å². The maximum Gasteiger partial charge on any atom is 0.244 e. The van der Waals surface area contributed by atoms with E-state index in [1.807, 2.05) is 30.0 Å². The highest BCUT2D eigenvalue weighted by Gasteiger charge is 2.32. The summed E-state index contributed by atoms with van der Waals surface area (Å²) in [6, 6.07) is 5.85. The summed E-state index contributed by atoms with van der Waals surface area (Å²) in [4.78, 5) is 14.3. The van der Waals surface area contributed by atoms with E-state index >= 15 is 0 Å². The summed E-state index contributed by atoms with van der Waals surface area (Å²) in [6.45, 7) is 4.73. The van der Waals surface area contributed by atoms with Crippen LogP contribution in [0.1, 0.15) is 18.9 Å². The van der Waals surface area contributed by atoms with Crippen LogP contribution in [0.2, 0.25) is 0 Å². The van der Waals surface area contributed by atoms with E-state index in [1.54, 1.807) is 0 Å². The Balaban J connectivity index is 2.29. The third-order valence-electron chi connectivity index (χ3n) is 3.37. The molecule has 4 nitrogen and oxygen atoms in total. The lowest BCUT2D eigenvalue weighted by Gasteiger charge is -2.37. The number of benzene rings is 1. The van der Waals surface area contributed by atoms with E-state index in [1.165, 1.54) is 0 Å². The molecule has 19 heavy (non-hydrogen) atoms. The predicted molar refractivity (Wildman–Crippen MR) is 79.3 cm³/mol. The molecule has 5 heteroatoms. The Bertz CT molecular complexity index is 479. The molecule has 2 unspecified atom stereocenters. The third-order valence-corrected chi connectivity index (χ3v) is 3.87. The summed E-state index contributed by atoms with van der Waals surface area (Å²) >= 11 is 3.44. The summed E-state index contributed by atoms with van der Waals surface area (Å²) in [7, 11) is 0. The van der Waals surface area contributed by atoms with Gasteiger partial charge in [0.2, 0.25) is 5.91 Å². The molecular weight excluding hydrogens is 308 g/mol. The van der Waals surface area contributed by atoms with Crippen molar-refractivity contribution in [1.82, 2.24) is 5.32 Å². The number of aliphatic hydroxyl groups excluding tert-OH is 1. The fourth-order valence-electron chi connectivity index (χ4n) is 2.49. The maximum absolute atomic E-state index is 12.4. The number of piperazine rings is 1. The van der Waals surface area contributed by atoms with Gasteiger partial charge in [-0.2, -0.15) is 0 Å². The molecule has 1 aromatic rings. The normalized spacial score (nSPS) is 23.8. The molecule has 2 N–H and O–H groups in total. The summed E-state index contributed by atoms with van der Waals surface area (Å²) in [6.07, 6.45) is 0.454. The minimum Gasteiger partial charge on any atom is -0.396 e. The minimum absolute atomic E-state index is 0.0171. The average molecular weight is 327 g/mol. The van der Waals surface area contributed by atoms with Gasteiger partial charge in [-0.25, -0.2) is 0 Å². The molecule has 2 atom stereocenters. The second kappa shape index (κ2) is 6.03. The SMILES string of the molecule is Cc1cc(Br)ccc1N1CC(C)NC(CCO)C1=O. The second-order valence-corrected chi connectivity index (χ2v) is 5.93. The first-order valence-electron chi connectivity index (χ1n) is 6.47. The van der Waals surface area contributed by atoms with Crippen LogP contribution in [0.25, 0.3) is 0 Å². The second-order valence-electron chi connectivity index (χ2n) is 5.01. The number of anilines is 1. The Morgan fingerprint density at radius 2 is 2.26 bits per heavy atom. The lowest BCUT2D eigenvalue weighted by atomic mass is 10.0. The van der Waals surface area contributed by atoms with Crippen molar-refractivity contribution in [2.24, 2.45) is 0 Å². The Morgan fingerprint density at radius 3 is 2.89 bits per heavy atom. The monoisotopic (exact) mass is 326 g/mol. The van der Waals surface area contributed by atoms with Crippen molar-refractivity contribution >= 4 is 27.5 Å². The van der Waals surface area contributed by atoms with Gasteiger partial charge in [0.05, 0.1) is 6.04 Å². The van der Waals surface area contributed by atoms with E-state index in [-0.39, 0.29) is 24.6 Å². The van der Waals surface area contributed by atoms with Gasteiger partial charge in [-0.15, -0.1) is 0 Å². The summed E-state index contributed by atoms with van der Waals surface area (Å²) in [5, 5.41) is 12.3. The molecule has 0 bridgehead atoms. The minimum atomic E-state index is -0.295. The van der Waals surface area contributed by atoms with Crippen molar-refractivity contribution in [3.8, 4) is 0 Å². The number of amides is 1. The van der Waals surface area contributed by atoms with Crippen LogP contribution in [0.15, 0.2) is 22.7 Å². The van der Waals surface area contributed by atoms with Gasteiger partial charge in [0, 0.05) is 29.4 Å². The van der Waals surface area contributed by atoms with Crippen LogP contribution in [0, 0.1) is 6.92 Å². The van der Waals surface area contributed by atoms with Crippen LogP contribution in [-0.4, -0.2) is 36.2 Å². The number of hydrogen-bond donors (Lipinski definition) is 2. The first kappa shape index (κ1) is 14.5. The van der Waals surface area contributed by atoms with Crippen molar-refractivity contribution in [2.45, 2.75) is 32.4 Å². The average Bonchev–Trinajstić information content (AvgIpc) is 2.34. The van der Waals surface area contributed by atoms with Crippen LogP contribution in [-0.2, 0) is 4.79 Å². The molecule has 1 amide bonds. The number of aryl methyl sites for hydroxylation is 1. The highest BCUT2D eigenvalue weighted by atomic mass is 79.9. The Morgan fingerprint density at radius 1 is 1.53 bits per heavy atom. The molecule has 1 fully saturated rings. The van der Waals surface area contributed by atoms with Gasteiger partial charge in [-0.05, 0) is 44.0 Å². The zero-order chi connectivity index (χ0) is 14.0. The zero-order valence-electron chi connectivity index (χ0n) is 11.2. The number of aliphatic hydroxyl groups is 1. The quantitative estimate of drug-likeness (QED) is 0.891. The smallest absolute Gasteiger partial charge is 0.244 e. The molecule has 0 aliphatic carbocycles. The number of nitrogens with zero attached hydrogens (tertiary/aromatic N) is 1. The van der Waals surface area contributed by atoms with Crippen molar-refractivity contribution in [3.63, 3.8) is 0 Å². The molecule has 0 spiro atoms. The Labute approximate surface area is 121 Å². The molecule has 2 rings (SSSR count). The van der Waals surface area contributed by atoms with E-state index in [2.05, 4.69) is 28.2 Å². The topological polar surface area (TPSA) is 52.6 Å².